The van der Waals surface area contributed by atoms with Gasteiger partial charge in [0.15, 0.2) is 41.7 Å². The quantitative estimate of drug-likeness (QED) is 0.0256. The summed E-state index contributed by atoms with van der Waals surface area (Å²) in [5.41, 5.74) is 10.4. The number of carbonyl (C=O) groups is 11. The van der Waals surface area contributed by atoms with E-state index < -0.39 is 187 Å². The van der Waals surface area contributed by atoms with E-state index in [0.29, 0.717) is 103 Å². The van der Waals surface area contributed by atoms with E-state index in [1.807, 2.05) is 24.8 Å². The molecule has 6 aliphatic heterocycles. The smallest absolute Gasteiger partial charge is 0.421 e. The summed E-state index contributed by atoms with van der Waals surface area (Å²) in [6.45, 7) is 8.64. The zero-order valence-corrected chi connectivity index (χ0v) is 75.7. The van der Waals surface area contributed by atoms with Gasteiger partial charge in [0.05, 0.1) is 119 Å². The van der Waals surface area contributed by atoms with E-state index in [-0.39, 0.29) is 112 Å². The average Bonchev–Trinajstić information content (AvgIpc) is 1.62. The number of unbranched alkanes of at least 4 members (excludes halogenated alkanes) is 2. The number of fused-ring (bicyclic) bond motifs is 6. The van der Waals surface area contributed by atoms with Gasteiger partial charge in [-0.2, -0.15) is 13.1 Å². The van der Waals surface area contributed by atoms with Crippen LogP contribution in [0, 0.1) is 23.7 Å². The second-order valence-corrected chi connectivity index (χ2v) is 35.6. The SMILES string of the molecule is COc1cc2c(cc1OCCCCCOc1cc3c(cc1OC)C(=O)N1C=C(C)C[C@H]1[C@H](O)N3C(=O)OCc1ccc(NC(=O)[C@H](C)NC(=O)[C@@H](NC(=O)COCCOCCNS(=O)(=O)NC(=O)OC[C@@H]3[C@@H]4CCc5c(nnn5C[C@H]5O[C@@H](O[C@@H]6[C@H](O)[C@@H](NC(C)=O)[C@H](NC(=O)C[C@H](N)C(=O)O)O[C@@H]6CO)[C@H](NC(C)=O)[C@@H](O)[C@H]5O)CC[C@@H]43)C(C)C)cc1)N=C[C@@H]1CC(C)=CN1C2=O. The number of aliphatic imine (C=N–C) groups is 1. The number of aliphatic hydroxyl groups is 5. The number of nitrogens with zero attached hydrogens (tertiary/aromatic N) is 7. The molecule has 7 heterocycles. The Kier molecular flexibility index (Phi) is 33.9. The lowest BCUT2D eigenvalue weighted by atomic mass is 9.93. The molecule has 0 bridgehead atoms. The summed E-state index contributed by atoms with van der Waals surface area (Å²) < 4.78 is 95.1. The van der Waals surface area contributed by atoms with E-state index in [0.717, 1.165) is 29.9 Å². The van der Waals surface area contributed by atoms with Gasteiger partial charge in [0.25, 0.3) is 11.8 Å². The highest BCUT2D eigenvalue weighted by Crippen LogP contribution is 2.53. The highest BCUT2D eigenvalue weighted by atomic mass is 32.2. The number of anilines is 2. The monoisotopic (exact) mass is 1880 g/mol. The number of aliphatic hydroxyl groups excluding tert-OH is 5. The van der Waals surface area contributed by atoms with Crippen molar-refractivity contribution >= 4 is 98.9 Å². The molecule has 2 aliphatic carbocycles. The lowest BCUT2D eigenvalue weighted by molar-refractivity contribution is -0.314. The van der Waals surface area contributed by atoms with Gasteiger partial charge in [-0.25, -0.2) is 23.9 Å². The lowest BCUT2D eigenvalue weighted by Gasteiger charge is -2.48. The maximum absolute atomic E-state index is 14.3. The number of amides is 10. The number of aryl methyl sites for hydroxylation is 1. The van der Waals surface area contributed by atoms with Crippen LogP contribution in [0.4, 0.5) is 26.7 Å². The van der Waals surface area contributed by atoms with Gasteiger partial charge < -0.3 is 130 Å². The van der Waals surface area contributed by atoms with Crippen LogP contribution >= 0.6 is 0 Å². The Bertz CT molecular complexity index is 5140. The molecule has 2 saturated heterocycles. The molecule has 12 rings (SSSR count). The summed E-state index contributed by atoms with van der Waals surface area (Å²) in [4.78, 5) is 153. The zero-order chi connectivity index (χ0) is 96.0. The van der Waals surface area contributed by atoms with Crippen LogP contribution in [0.5, 0.6) is 23.0 Å². The molecule has 16 N–H and O–H groups in total. The predicted molar refractivity (Wildman–Crippen MR) is 465 cm³/mol. The molecule has 133 heavy (non-hydrogen) atoms. The van der Waals surface area contributed by atoms with Gasteiger partial charge in [0.2, 0.25) is 35.4 Å². The van der Waals surface area contributed by atoms with Crippen molar-refractivity contribution in [1.82, 2.24) is 60.8 Å². The number of carbonyl (C=O) groups excluding carboxylic acids is 10. The number of nitrogens with one attached hydrogen (secondary N) is 8. The number of methoxy groups -OCH3 is 2. The minimum Gasteiger partial charge on any atom is -0.493 e. The molecule has 0 spiro atoms. The van der Waals surface area contributed by atoms with E-state index in [1.54, 1.807) is 67.6 Å². The van der Waals surface area contributed by atoms with Gasteiger partial charge in [-0.1, -0.05) is 42.3 Å². The van der Waals surface area contributed by atoms with E-state index in [2.05, 4.69) is 51.9 Å². The van der Waals surface area contributed by atoms with Crippen molar-refractivity contribution < 1.29 is 144 Å². The molecule has 8 aliphatic rings. The van der Waals surface area contributed by atoms with Crippen molar-refractivity contribution in [2.75, 3.05) is 83.8 Å². The van der Waals surface area contributed by atoms with Crippen molar-refractivity contribution in [3.05, 3.63) is 100 Å². The number of rotatable bonds is 41. The molecule has 3 aromatic carbocycles. The zero-order valence-electron chi connectivity index (χ0n) is 74.8. The van der Waals surface area contributed by atoms with Gasteiger partial charge >= 0.3 is 28.4 Å². The number of aromatic nitrogens is 3. The Hall–Kier alpha value is -11.6. The van der Waals surface area contributed by atoms with Crippen LogP contribution in [0.2, 0.25) is 0 Å². The first-order valence-corrected chi connectivity index (χ1v) is 45.2. The summed E-state index contributed by atoms with van der Waals surface area (Å²) in [6, 6.07) is 4.74. The summed E-state index contributed by atoms with van der Waals surface area (Å²) in [5.74, 6) is -5.62. The Morgan fingerprint density at radius 3 is 2.03 bits per heavy atom. The molecule has 1 aromatic heterocycles. The van der Waals surface area contributed by atoms with Crippen LogP contribution in [0.15, 0.2) is 77.1 Å². The van der Waals surface area contributed by atoms with E-state index >= 15 is 0 Å². The van der Waals surface area contributed by atoms with Gasteiger partial charge in [-0.15, -0.1) is 5.10 Å². The number of hydrogen-bond donors (Lipinski definition) is 15. The Morgan fingerprint density at radius 2 is 1.35 bits per heavy atom. The lowest BCUT2D eigenvalue weighted by Crippen LogP contribution is -2.71. The van der Waals surface area contributed by atoms with E-state index in [9.17, 15) is 91.8 Å². The Labute approximate surface area is 765 Å². The third-order valence-corrected chi connectivity index (χ3v) is 25.0. The fraction of sp³-hybridized carbons (Fsp3) is 0.581. The molecule has 0 unspecified atom stereocenters. The summed E-state index contributed by atoms with van der Waals surface area (Å²) >= 11 is 0. The maximum atomic E-state index is 14.3. The van der Waals surface area contributed by atoms with Crippen LogP contribution in [-0.2, 0) is 103 Å². The van der Waals surface area contributed by atoms with Gasteiger partial charge in [0.1, 0.15) is 80.0 Å². The second kappa shape index (κ2) is 44.9. The molecule has 4 aromatic rings. The minimum absolute atomic E-state index is 0.0244. The van der Waals surface area contributed by atoms with Crippen molar-refractivity contribution in [3.8, 4) is 23.0 Å². The second-order valence-electron chi connectivity index (χ2n) is 34.1. The largest absolute Gasteiger partial charge is 0.493 e. The van der Waals surface area contributed by atoms with Crippen LogP contribution in [0.3, 0.4) is 0 Å². The number of carboxylic acid groups (broad SMARTS) is 1. The highest BCUT2D eigenvalue weighted by Gasteiger charge is 2.55. The predicted octanol–water partition coefficient (Wildman–Crippen LogP) is -0.192. The Morgan fingerprint density at radius 1 is 0.699 bits per heavy atom. The molecule has 10 amide bonds. The molecule has 1 saturated carbocycles. The van der Waals surface area contributed by atoms with Gasteiger partial charge in [0, 0.05) is 56.8 Å². The van der Waals surface area contributed by atoms with Gasteiger partial charge in [-0.05, 0) is 132 Å². The third kappa shape index (κ3) is 25.1. The summed E-state index contributed by atoms with van der Waals surface area (Å²) in [6.07, 6.45) is -7.47. The number of aliphatic carboxylic acids is 1. The average molecular weight is 1890 g/mol. The van der Waals surface area contributed by atoms with Crippen LogP contribution < -0.4 is 70.9 Å². The summed E-state index contributed by atoms with van der Waals surface area (Å²) in [5, 5.41) is 90.3. The normalized spacial score (nSPS) is 25.2. The molecule has 3 fully saturated rings. The van der Waals surface area contributed by atoms with Crippen LogP contribution in [0.1, 0.15) is 138 Å². The molecule has 47 heteroatoms. The first-order chi connectivity index (χ1) is 63.4. The van der Waals surface area contributed by atoms with Crippen LogP contribution in [0.25, 0.3) is 0 Å². The molecular formula is C86H116N16O30S. The highest BCUT2D eigenvalue weighted by molar-refractivity contribution is 7.88. The first-order valence-electron chi connectivity index (χ1n) is 43.7. The number of benzene rings is 3. The maximum Gasteiger partial charge on any atom is 0.421 e. The van der Waals surface area contributed by atoms with Gasteiger partial charge in [-0.3, -0.25) is 48.1 Å². The first kappa shape index (κ1) is 100. The topological polar surface area (TPSA) is 620 Å². The number of ether oxygens (including phenoxy) is 11. The molecule has 19 atom stereocenters. The number of carboxylic acids is 1. The van der Waals surface area contributed by atoms with Crippen molar-refractivity contribution in [1.29, 1.82) is 0 Å². The molecule has 46 nitrogen and oxygen atoms in total. The molecular weight excluding hydrogens is 1770 g/mol. The fourth-order valence-electron chi connectivity index (χ4n) is 17.1. The molecule has 0 radical (unpaired) electrons. The molecule has 726 valence electrons. The number of hydrogen-bond acceptors (Lipinski definition) is 33. The standard InChI is InChI=1S/C86H116N16O30S/c1-42(2)70(78(112)90-45(5)77(111)93-49-15-13-48(14-16-49)39-129-86(119)102-60-33-65(63(123-9)30-54(60)81(114)100-36-44(4)28-61(100)82(102)115)127-23-12-10-11-22-126-64-32-58-53(29-62(64)122-8)80(113)99-35-43(3)27-50(99)34-88-58)94-69(107)41-125-26-25-124-24-21-89-133(120,121)97-85(118)128-40-55-51-17-19-57-59(20-18-52(51)55)101(98-96-57)37-66-73(108)74(109)72(92-47(7)105)84(131-66)132-76-67(38-103)130-79(71(75(76)110)91-46(6)104)95-68(106)31-56(87)83(116)117/h13-16,29-30,32-36,42,45,50-52,55-56,61,66-67,70-76,79,82,84,89,103,108-110,115H,10-12,17-28,31,37-41,87H2,1-9H3,(H,90,112)(H,91,104)(H,92,105)(H,93,111)(H,94,107)(H,95,106)(H,97,118)(H,116,117)/t45-,50-,51-,52+,55-,56-,61-,66+,67+,70-,71+,72+,73-,74+,75+,76-,79+,82-,84-/m0/s1. The van der Waals surface area contributed by atoms with E-state index in [4.69, 9.17) is 57.8 Å². The van der Waals surface area contributed by atoms with Crippen molar-refractivity contribution in [2.45, 2.75) is 223 Å². The van der Waals surface area contributed by atoms with Crippen molar-refractivity contribution in [3.63, 3.8) is 0 Å². The van der Waals surface area contributed by atoms with E-state index in [1.165, 1.54) is 42.9 Å². The van der Waals surface area contributed by atoms with Crippen molar-refractivity contribution in [2.24, 2.45) is 34.4 Å². The number of nitrogens with two attached hydrogens (primary N) is 1. The third-order valence-electron chi connectivity index (χ3n) is 24.0. The fourth-order valence-corrected chi connectivity index (χ4v) is 17.8. The van der Waals surface area contributed by atoms with Crippen LogP contribution in [-0.4, -0.2) is 307 Å². The Balaban J connectivity index is 0.528. The summed E-state index contributed by atoms with van der Waals surface area (Å²) in [7, 11) is -1.50. The minimum atomic E-state index is -4.43.